The van der Waals surface area contributed by atoms with Crippen molar-refractivity contribution in [2.24, 2.45) is 0 Å². The standard InChI is InChI=1S/C24H23N5O2S/c1-28-9-2-10-29(12-11-28)18-6-4-17(5-7-18)22-19-13-16(3-8-20(19)25-15-26-22)14-21-23(30)27-24(31)32-21/h3-8,13-15H,2,9-12H2,1H3,(H,27,30,31). The van der Waals surface area contributed by atoms with E-state index in [1.165, 1.54) is 5.69 Å². The number of anilines is 1. The van der Waals surface area contributed by atoms with Gasteiger partial charge in [-0.05, 0) is 67.7 Å². The van der Waals surface area contributed by atoms with Gasteiger partial charge in [0, 0.05) is 36.3 Å². The highest BCUT2D eigenvalue weighted by molar-refractivity contribution is 8.18. The van der Waals surface area contributed by atoms with Crippen LogP contribution in [0, 0.1) is 0 Å². The maximum absolute atomic E-state index is 11.9. The molecule has 3 heterocycles. The first kappa shape index (κ1) is 20.7. The largest absolute Gasteiger partial charge is 0.370 e. The van der Waals surface area contributed by atoms with Gasteiger partial charge in [-0.1, -0.05) is 18.2 Å². The van der Waals surface area contributed by atoms with Crippen LogP contribution in [0.15, 0.2) is 53.7 Å². The minimum absolute atomic E-state index is 0.345. The monoisotopic (exact) mass is 445 g/mol. The minimum Gasteiger partial charge on any atom is -0.370 e. The molecule has 0 saturated carbocycles. The first-order valence-electron chi connectivity index (χ1n) is 10.6. The predicted molar refractivity (Wildman–Crippen MR) is 128 cm³/mol. The molecule has 2 aromatic carbocycles. The molecule has 1 aromatic heterocycles. The van der Waals surface area contributed by atoms with E-state index in [1.54, 1.807) is 12.4 Å². The lowest BCUT2D eigenvalue weighted by Crippen LogP contribution is -2.28. The summed E-state index contributed by atoms with van der Waals surface area (Å²) in [6.07, 6.45) is 4.46. The van der Waals surface area contributed by atoms with Crippen LogP contribution in [0.3, 0.4) is 0 Å². The molecule has 2 amide bonds. The lowest BCUT2D eigenvalue weighted by atomic mass is 10.0. The van der Waals surface area contributed by atoms with Gasteiger partial charge in [0.2, 0.25) is 0 Å². The van der Waals surface area contributed by atoms with Crippen LogP contribution in [0.2, 0.25) is 0 Å². The second kappa shape index (κ2) is 8.72. The van der Waals surface area contributed by atoms with Crippen LogP contribution in [0.1, 0.15) is 12.0 Å². The molecule has 2 aliphatic heterocycles. The molecule has 3 aromatic rings. The van der Waals surface area contributed by atoms with E-state index in [-0.39, 0.29) is 11.1 Å². The van der Waals surface area contributed by atoms with Crippen LogP contribution in [-0.4, -0.2) is 59.2 Å². The topological polar surface area (TPSA) is 78.4 Å². The maximum Gasteiger partial charge on any atom is 0.290 e. The fourth-order valence-electron chi connectivity index (χ4n) is 4.10. The molecule has 2 saturated heterocycles. The van der Waals surface area contributed by atoms with Gasteiger partial charge >= 0.3 is 0 Å². The van der Waals surface area contributed by atoms with E-state index in [4.69, 9.17) is 0 Å². The van der Waals surface area contributed by atoms with Gasteiger partial charge < -0.3 is 9.80 Å². The SMILES string of the molecule is CN1CCCN(c2ccc(-c3ncnc4ccc(C=C5SC(=O)NC5=O)cc34)cc2)CC1. The summed E-state index contributed by atoms with van der Waals surface area (Å²) in [6.45, 7) is 4.29. The molecule has 0 bridgehead atoms. The quantitative estimate of drug-likeness (QED) is 0.615. The fraction of sp³-hybridized carbons (Fsp3) is 0.250. The first-order valence-corrected chi connectivity index (χ1v) is 11.4. The number of carbonyl (C=O) groups is 2. The Kier molecular flexibility index (Phi) is 5.63. The van der Waals surface area contributed by atoms with E-state index in [0.717, 1.165) is 72.1 Å². The second-order valence-electron chi connectivity index (χ2n) is 8.04. The molecule has 0 spiro atoms. The maximum atomic E-state index is 11.9. The zero-order valence-corrected chi connectivity index (χ0v) is 18.6. The summed E-state index contributed by atoms with van der Waals surface area (Å²) < 4.78 is 0. The minimum atomic E-state index is -0.361. The number of hydrogen-bond acceptors (Lipinski definition) is 7. The van der Waals surface area contributed by atoms with E-state index in [0.29, 0.717) is 4.91 Å². The van der Waals surface area contributed by atoms with E-state index >= 15 is 0 Å². The Balaban J connectivity index is 1.46. The van der Waals surface area contributed by atoms with E-state index in [9.17, 15) is 9.59 Å². The third-order valence-electron chi connectivity index (χ3n) is 5.82. The average molecular weight is 446 g/mol. The van der Waals surface area contributed by atoms with Crippen molar-refractivity contribution in [1.29, 1.82) is 0 Å². The summed E-state index contributed by atoms with van der Waals surface area (Å²) in [7, 11) is 2.17. The number of nitrogens with one attached hydrogen (secondary N) is 1. The number of aromatic nitrogens is 2. The van der Waals surface area contributed by atoms with Crippen LogP contribution < -0.4 is 10.2 Å². The molecule has 2 aliphatic rings. The molecular formula is C24H23N5O2S. The molecule has 0 unspecified atom stereocenters. The van der Waals surface area contributed by atoms with Gasteiger partial charge in [0.15, 0.2) is 0 Å². The van der Waals surface area contributed by atoms with Crippen molar-refractivity contribution >= 4 is 45.6 Å². The number of rotatable bonds is 3. The van der Waals surface area contributed by atoms with Gasteiger partial charge in [-0.25, -0.2) is 9.97 Å². The molecule has 0 aliphatic carbocycles. The third kappa shape index (κ3) is 4.24. The van der Waals surface area contributed by atoms with Gasteiger partial charge in [0.1, 0.15) is 6.33 Å². The third-order valence-corrected chi connectivity index (χ3v) is 6.64. The Morgan fingerprint density at radius 1 is 1.00 bits per heavy atom. The number of imide groups is 1. The van der Waals surface area contributed by atoms with Gasteiger partial charge in [0.05, 0.1) is 16.1 Å². The highest BCUT2D eigenvalue weighted by Crippen LogP contribution is 2.30. The number of thioether (sulfide) groups is 1. The number of amides is 2. The summed E-state index contributed by atoms with van der Waals surface area (Å²) >= 11 is 0.914. The average Bonchev–Trinajstić information content (AvgIpc) is 2.97. The van der Waals surface area contributed by atoms with Gasteiger partial charge in [-0.3, -0.25) is 14.9 Å². The Bertz CT molecular complexity index is 1220. The van der Waals surface area contributed by atoms with Crippen molar-refractivity contribution in [3.63, 3.8) is 0 Å². The summed E-state index contributed by atoms with van der Waals surface area (Å²) in [5.41, 5.74) is 4.74. The molecule has 5 rings (SSSR count). The zero-order valence-electron chi connectivity index (χ0n) is 17.7. The molecule has 162 valence electrons. The number of nitrogens with zero attached hydrogens (tertiary/aromatic N) is 4. The van der Waals surface area contributed by atoms with Crippen molar-refractivity contribution < 1.29 is 9.59 Å². The normalized spacial score (nSPS) is 18.9. The van der Waals surface area contributed by atoms with Gasteiger partial charge in [0.25, 0.3) is 11.1 Å². The van der Waals surface area contributed by atoms with Crippen LogP contribution in [0.25, 0.3) is 28.2 Å². The van der Waals surface area contributed by atoms with Crippen molar-refractivity contribution in [1.82, 2.24) is 20.2 Å². The Labute approximate surface area is 190 Å². The van der Waals surface area contributed by atoms with Crippen molar-refractivity contribution in [3.05, 3.63) is 59.3 Å². The number of fused-ring (bicyclic) bond motifs is 1. The van der Waals surface area contributed by atoms with Crippen LogP contribution in [0.5, 0.6) is 0 Å². The van der Waals surface area contributed by atoms with Crippen LogP contribution >= 0.6 is 11.8 Å². The molecule has 0 atom stereocenters. The van der Waals surface area contributed by atoms with E-state index in [1.807, 2.05) is 18.2 Å². The lowest BCUT2D eigenvalue weighted by Gasteiger charge is -2.23. The Hall–Kier alpha value is -3.23. The predicted octanol–water partition coefficient (Wildman–Crippen LogP) is 3.76. The van der Waals surface area contributed by atoms with Gasteiger partial charge in [-0.15, -0.1) is 0 Å². The van der Waals surface area contributed by atoms with Crippen molar-refractivity contribution in [2.45, 2.75) is 6.42 Å². The van der Waals surface area contributed by atoms with Crippen LogP contribution in [-0.2, 0) is 4.79 Å². The summed E-state index contributed by atoms with van der Waals surface area (Å²) in [5.74, 6) is -0.361. The van der Waals surface area contributed by atoms with E-state index < -0.39 is 0 Å². The molecule has 8 heteroatoms. The fourth-order valence-corrected chi connectivity index (χ4v) is 4.78. The molecule has 32 heavy (non-hydrogen) atoms. The number of likely N-dealkylation sites (N-methyl/N-ethyl adjacent to an activating group) is 1. The first-order chi connectivity index (χ1) is 15.6. The summed E-state index contributed by atoms with van der Waals surface area (Å²) in [6, 6.07) is 14.3. The number of hydrogen-bond donors (Lipinski definition) is 1. The number of benzene rings is 2. The Morgan fingerprint density at radius 3 is 2.62 bits per heavy atom. The summed E-state index contributed by atoms with van der Waals surface area (Å²) in [5, 5.41) is 2.84. The van der Waals surface area contributed by atoms with E-state index in [2.05, 4.69) is 56.4 Å². The molecule has 0 radical (unpaired) electrons. The Morgan fingerprint density at radius 2 is 1.84 bits per heavy atom. The number of carbonyl (C=O) groups excluding carboxylic acids is 2. The van der Waals surface area contributed by atoms with Crippen molar-refractivity contribution in [2.75, 3.05) is 38.1 Å². The molecule has 7 nitrogen and oxygen atoms in total. The highest BCUT2D eigenvalue weighted by Gasteiger charge is 2.25. The van der Waals surface area contributed by atoms with Gasteiger partial charge in [-0.2, -0.15) is 0 Å². The smallest absolute Gasteiger partial charge is 0.290 e. The molecular weight excluding hydrogens is 422 g/mol. The lowest BCUT2D eigenvalue weighted by molar-refractivity contribution is -0.115. The zero-order chi connectivity index (χ0) is 22.1. The summed E-state index contributed by atoms with van der Waals surface area (Å²) in [4.78, 5) is 37.5. The second-order valence-corrected chi connectivity index (χ2v) is 9.06. The van der Waals surface area contributed by atoms with Crippen LogP contribution in [0.4, 0.5) is 10.5 Å². The molecule has 1 N–H and O–H groups in total. The van der Waals surface area contributed by atoms with Crippen molar-refractivity contribution in [3.8, 4) is 11.3 Å². The highest BCUT2D eigenvalue weighted by atomic mass is 32.2. The molecule has 2 fully saturated rings.